The molecule has 1 fully saturated rings. The highest BCUT2D eigenvalue weighted by Crippen LogP contribution is 2.63. The number of benzene rings is 8. The molecule has 438 valence electrons. The summed E-state index contributed by atoms with van der Waals surface area (Å²) in [5.41, 5.74) is 30.9. The van der Waals surface area contributed by atoms with Gasteiger partial charge in [-0.05, 0) is 205 Å². The lowest BCUT2D eigenvalue weighted by molar-refractivity contribution is 0.195. The lowest BCUT2D eigenvalue weighted by Crippen LogP contribution is -2.62. The Hall–Kier alpha value is -6.78. The maximum absolute atomic E-state index is 2.86. The molecule has 2 atom stereocenters. The second-order valence-corrected chi connectivity index (χ2v) is 33.0. The first kappa shape index (κ1) is 55.8. The van der Waals surface area contributed by atoms with Crippen LogP contribution in [0, 0.1) is 0 Å². The fourth-order valence-electron chi connectivity index (χ4n) is 18.5. The van der Waals surface area contributed by atoms with Gasteiger partial charge in [0.2, 0.25) is 0 Å². The van der Waals surface area contributed by atoms with Gasteiger partial charge in [-0.25, -0.2) is 0 Å². The van der Waals surface area contributed by atoms with Gasteiger partial charge in [-0.3, -0.25) is 0 Å². The smallest absolute Gasteiger partial charge is 0.252 e. The molecule has 7 aliphatic rings. The normalized spacial score (nSPS) is 23.4. The van der Waals surface area contributed by atoms with Crippen LogP contribution < -0.4 is 31.1 Å². The summed E-state index contributed by atoms with van der Waals surface area (Å²) in [6, 6.07) is 61.8. The molecule has 0 radical (unpaired) electrons. The van der Waals surface area contributed by atoms with Crippen LogP contribution in [0.3, 0.4) is 0 Å². The molecule has 4 heteroatoms. The Morgan fingerprint density at radius 2 is 0.860 bits per heavy atom. The molecular weight excluding hydrogens is 1040 g/mol. The minimum atomic E-state index is -0.266. The molecule has 2 unspecified atom stereocenters. The Balaban J connectivity index is 1.14. The number of nitrogens with zero attached hydrogens (tertiary/aromatic N) is 3. The summed E-state index contributed by atoms with van der Waals surface area (Å²) in [6.07, 6.45) is 9.42. The minimum Gasteiger partial charge on any atom is -0.334 e. The van der Waals surface area contributed by atoms with Gasteiger partial charge in [0.15, 0.2) is 0 Å². The van der Waals surface area contributed by atoms with Crippen LogP contribution in [0.15, 0.2) is 152 Å². The van der Waals surface area contributed by atoms with Gasteiger partial charge in [-0.2, -0.15) is 0 Å². The summed E-state index contributed by atoms with van der Waals surface area (Å²) < 4.78 is 0. The van der Waals surface area contributed by atoms with Gasteiger partial charge < -0.3 is 14.7 Å². The van der Waals surface area contributed by atoms with Crippen molar-refractivity contribution in [3.05, 3.63) is 207 Å². The number of anilines is 8. The maximum atomic E-state index is 2.86. The highest BCUT2D eigenvalue weighted by Gasteiger charge is 2.59. The Bertz CT molecular complexity index is 4180. The van der Waals surface area contributed by atoms with Gasteiger partial charge in [0.05, 0.1) is 11.2 Å². The van der Waals surface area contributed by atoms with E-state index < -0.39 is 0 Å². The Morgan fingerprint density at radius 1 is 0.360 bits per heavy atom. The van der Waals surface area contributed by atoms with E-state index >= 15 is 0 Å². The molecule has 3 heterocycles. The van der Waals surface area contributed by atoms with Crippen LogP contribution in [-0.4, -0.2) is 12.3 Å². The average molecular weight is 1130 g/mol. The molecule has 0 saturated heterocycles. The number of hydrogen-bond acceptors (Lipinski definition) is 3. The molecule has 0 N–H and O–H groups in total. The van der Waals surface area contributed by atoms with E-state index in [2.05, 4.69) is 284 Å². The third-order valence-corrected chi connectivity index (χ3v) is 24.3. The second kappa shape index (κ2) is 17.9. The Labute approximate surface area is 516 Å². The van der Waals surface area contributed by atoms with Crippen molar-refractivity contribution < 1.29 is 0 Å². The summed E-state index contributed by atoms with van der Waals surface area (Å²) in [6.45, 7) is 42.3. The monoisotopic (exact) mass is 1130 g/mol. The highest BCUT2D eigenvalue weighted by molar-refractivity contribution is 7.00. The predicted molar refractivity (Wildman–Crippen MR) is 369 cm³/mol. The van der Waals surface area contributed by atoms with E-state index in [0.29, 0.717) is 0 Å². The first-order valence-corrected chi connectivity index (χ1v) is 33.0. The molecule has 4 aliphatic carbocycles. The van der Waals surface area contributed by atoms with E-state index in [1.165, 1.54) is 154 Å². The summed E-state index contributed by atoms with van der Waals surface area (Å²) >= 11 is 0. The summed E-state index contributed by atoms with van der Waals surface area (Å²) in [4.78, 5) is 8.46. The second-order valence-electron chi connectivity index (χ2n) is 33.0. The molecule has 86 heavy (non-hydrogen) atoms. The Morgan fingerprint density at radius 3 is 1.49 bits per heavy atom. The molecule has 0 spiro atoms. The molecule has 3 aliphatic heterocycles. The van der Waals surface area contributed by atoms with Gasteiger partial charge in [-0.15, -0.1) is 0 Å². The zero-order valence-electron chi connectivity index (χ0n) is 55.0. The maximum Gasteiger partial charge on any atom is 0.252 e. The molecule has 8 aromatic carbocycles. The molecule has 3 nitrogen and oxygen atoms in total. The summed E-state index contributed by atoms with van der Waals surface area (Å²) in [5, 5.41) is 0. The molecule has 1 saturated carbocycles. The fourth-order valence-corrected chi connectivity index (χ4v) is 18.5. The van der Waals surface area contributed by atoms with Crippen LogP contribution in [0.25, 0.3) is 11.1 Å². The van der Waals surface area contributed by atoms with Gasteiger partial charge in [0, 0.05) is 61.6 Å². The molecule has 0 amide bonds. The SMILES string of the molecule is CC(C)(C)c1ccc(N2c3cc4c(cc3B3c5cc6c(cc5N(c5ccc7c(c5)C(C)(C)CCC7(C)C)c5cc(N7c8ccccc8C8(C)CCCCC78C)cc2c53)C(C)(C)CCC6(C)C)C(C)(C)c2ccccc2C4(C)C)c(-c2ccccc2)c1. The zero-order chi connectivity index (χ0) is 60.4. The predicted octanol–water partition coefficient (Wildman–Crippen LogP) is 20.1. The third-order valence-electron chi connectivity index (χ3n) is 24.3. The van der Waals surface area contributed by atoms with Crippen LogP contribution in [0.4, 0.5) is 45.5 Å². The number of hydrogen-bond donors (Lipinski definition) is 0. The quantitative estimate of drug-likeness (QED) is 0.163. The van der Waals surface area contributed by atoms with Crippen molar-refractivity contribution in [1.29, 1.82) is 0 Å². The van der Waals surface area contributed by atoms with Crippen molar-refractivity contribution in [2.45, 2.75) is 218 Å². The molecule has 8 aromatic rings. The van der Waals surface area contributed by atoms with E-state index in [1.807, 2.05) is 0 Å². The van der Waals surface area contributed by atoms with Gasteiger partial charge in [-0.1, -0.05) is 221 Å². The van der Waals surface area contributed by atoms with Crippen LogP contribution in [0.5, 0.6) is 0 Å². The lowest BCUT2D eigenvalue weighted by atomic mass is 9.32. The van der Waals surface area contributed by atoms with Crippen molar-refractivity contribution in [3.8, 4) is 11.1 Å². The number of fused-ring (bicyclic) bond motifs is 11. The average Bonchev–Trinajstić information content (AvgIpc) is 0.968. The fraction of sp³-hybridized carbons (Fsp3) is 0.415. The van der Waals surface area contributed by atoms with Crippen molar-refractivity contribution in [1.82, 2.24) is 0 Å². The van der Waals surface area contributed by atoms with Gasteiger partial charge in [0.1, 0.15) is 0 Å². The largest absolute Gasteiger partial charge is 0.334 e. The van der Waals surface area contributed by atoms with E-state index in [1.54, 1.807) is 0 Å². The van der Waals surface area contributed by atoms with Crippen LogP contribution in [0.1, 0.15) is 225 Å². The van der Waals surface area contributed by atoms with E-state index in [4.69, 9.17) is 0 Å². The number of rotatable bonds is 4. The molecule has 15 rings (SSSR count). The van der Waals surface area contributed by atoms with Gasteiger partial charge in [0.25, 0.3) is 6.71 Å². The lowest BCUT2D eigenvalue weighted by Gasteiger charge is -2.52. The summed E-state index contributed by atoms with van der Waals surface area (Å²) in [7, 11) is 0. The van der Waals surface area contributed by atoms with Crippen molar-refractivity contribution >= 4 is 68.6 Å². The van der Waals surface area contributed by atoms with Crippen molar-refractivity contribution in [2.24, 2.45) is 0 Å². The van der Waals surface area contributed by atoms with Crippen LogP contribution in [0.2, 0.25) is 0 Å². The zero-order valence-corrected chi connectivity index (χ0v) is 55.0. The van der Waals surface area contributed by atoms with Gasteiger partial charge >= 0.3 is 0 Å². The summed E-state index contributed by atoms with van der Waals surface area (Å²) in [5.74, 6) is 0. The molecular formula is C82H92BN3. The molecule has 0 aromatic heterocycles. The molecule has 0 bridgehead atoms. The standard InChI is InChI=1S/C82H92BN3/c1-74(2,3)52-33-36-67(55(43-52)51-27-19-18-20-28-51)85-70-50-64-63(79(12,13)57-29-21-22-30-58(57)80(64,14)15)48-66(70)83-65-47-61-62(78(10,11)42-41-77(61,8)9)49-69(65)84(53-34-35-56-60(44-53)76(6,7)40-39-75(56,4)5)71-45-54(46-72(85)73(71)83)86-68-32-24-23-31-59(68)81(16)37-25-26-38-82(81,86)17/h18-24,27-36,43-50H,25-26,37-42H2,1-17H3. The minimum absolute atomic E-state index is 0.00116. The highest BCUT2D eigenvalue weighted by atomic mass is 15.3. The van der Waals surface area contributed by atoms with E-state index in [9.17, 15) is 0 Å². The topological polar surface area (TPSA) is 9.72 Å². The van der Waals surface area contributed by atoms with Crippen molar-refractivity contribution in [3.63, 3.8) is 0 Å². The van der Waals surface area contributed by atoms with E-state index in [-0.39, 0.29) is 55.6 Å². The first-order valence-electron chi connectivity index (χ1n) is 33.0. The Kier molecular flexibility index (Phi) is 11.6. The number of para-hydroxylation sites is 1. The first-order chi connectivity index (χ1) is 40.5. The van der Waals surface area contributed by atoms with Crippen LogP contribution >= 0.6 is 0 Å². The van der Waals surface area contributed by atoms with Crippen LogP contribution in [-0.2, 0) is 43.3 Å². The third kappa shape index (κ3) is 7.58. The van der Waals surface area contributed by atoms with Crippen molar-refractivity contribution in [2.75, 3.05) is 14.7 Å². The van der Waals surface area contributed by atoms with E-state index in [0.717, 1.165) is 25.7 Å².